The molecule has 0 aliphatic rings. The highest BCUT2D eigenvalue weighted by Gasteiger charge is 2.32. The van der Waals surface area contributed by atoms with Crippen LogP contribution in [0.1, 0.15) is 6.42 Å². The Morgan fingerprint density at radius 2 is 1.84 bits per heavy atom. The van der Waals surface area contributed by atoms with Gasteiger partial charge in [-0.2, -0.15) is 0 Å². The number of rotatable bonds is 5. The van der Waals surface area contributed by atoms with Crippen LogP contribution in [0.2, 0.25) is 0 Å². The highest BCUT2D eigenvalue weighted by Crippen LogP contribution is 2.30. The Morgan fingerprint density at radius 3 is 2.64 bits per heavy atom. The maximum Gasteiger partial charge on any atom is 0.573 e. The molecule has 8 heteroatoms. The first kappa shape index (κ1) is 16.8. The van der Waals surface area contributed by atoms with Crippen molar-refractivity contribution in [2.75, 3.05) is 5.32 Å². The summed E-state index contributed by atoms with van der Waals surface area (Å²) in [5.74, 6) is -0.868. The SMILES string of the molecule is O=C(CCn1cnc2ccccc21)Nc1ccccc1OC(F)(F)F. The number of nitrogens with zero attached hydrogens (tertiary/aromatic N) is 2. The molecule has 0 fully saturated rings. The van der Waals surface area contributed by atoms with E-state index >= 15 is 0 Å². The molecular weight excluding hydrogens is 335 g/mol. The third-order valence-electron chi connectivity index (χ3n) is 3.49. The minimum Gasteiger partial charge on any atom is -0.404 e. The van der Waals surface area contributed by atoms with Crippen LogP contribution in [0.5, 0.6) is 5.75 Å². The van der Waals surface area contributed by atoms with E-state index in [0.29, 0.717) is 6.54 Å². The Bertz CT molecular complexity index is 890. The summed E-state index contributed by atoms with van der Waals surface area (Å²) in [5, 5.41) is 2.45. The number of benzene rings is 2. The van der Waals surface area contributed by atoms with Gasteiger partial charge in [0.25, 0.3) is 0 Å². The predicted molar refractivity (Wildman–Crippen MR) is 86.1 cm³/mol. The molecule has 25 heavy (non-hydrogen) atoms. The molecule has 2 aromatic carbocycles. The number of halogens is 3. The largest absolute Gasteiger partial charge is 0.573 e. The molecule has 0 saturated carbocycles. The second kappa shape index (κ2) is 6.84. The van der Waals surface area contributed by atoms with Crippen molar-refractivity contribution in [2.45, 2.75) is 19.3 Å². The number of carbonyl (C=O) groups is 1. The minimum atomic E-state index is -4.82. The van der Waals surface area contributed by atoms with E-state index < -0.39 is 18.0 Å². The summed E-state index contributed by atoms with van der Waals surface area (Å²) < 4.78 is 42.9. The number of aromatic nitrogens is 2. The second-order valence-electron chi connectivity index (χ2n) is 5.27. The van der Waals surface area contributed by atoms with Crippen molar-refractivity contribution in [3.8, 4) is 5.75 Å². The maximum atomic E-state index is 12.4. The van der Waals surface area contributed by atoms with E-state index in [-0.39, 0.29) is 12.1 Å². The highest BCUT2D eigenvalue weighted by molar-refractivity contribution is 5.92. The third-order valence-corrected chi connectivity index (χ3v) is 3.49. The monoisotopic (exact) mass is 349 g/mol. The molecule has 1 aromatic heterocycles. The van der Waals surface area contributed by atoms with E-state index in [0.717, 1.165) is 17.1 Å². The lowest BCUT2D eigenvalue weighted by Crippen LogP contribution is -2.20. The van der Waals surface area contributed by atoms with E-state index in [1.807, 2.05) is 28.8 Å². The number of nitrogens with one attached hydrogen (secondary N) is 1. The number of anilines is 1. The van der Waals surface area contributed by atoms with Gasteiger partial charge in [0.1, 0.15) is 0 Å². The third kappa shape index (κ3) is 4.28. The van der Waals surface area contributed by atoms with Crippen LogP contribution in [-0.2, 0) is 11.3 Å². The van der Waals surface area contributed by atoms with Gasteiger partial charge in [-0.3, -0.25) is 4.79 Å². The molecule has 0 aliphatic carbocycles. The Kier molecular flexibility index (Phi) is 4.60. The Hall–Kier alpha value is -3.03. The van der Waals surface area contributed by atoms with Gasteiger partial charge in [0.15, 0.2) is 5.75 Å². The van der Waals surface area contributed by atoms with E-state index in [4.69, 9.17) is 0 Å². The van der Waals surface area contributed by atoms with E-state index in [1.54, 1.807) is 6.33 Å². The van der Waals surface area contributed by atoms with Gasteiger partial charge < -0.3 is 14.6 Å². The quantitative estimate of drug-likeness (QED) is 0.758. The molecule has 3 aromatic rings. The molecule has 1 amide bonds. The van der Waals surface area contributed by atoms with Crippen LogP contribution in [0, 0.1) is 0 Å². The van der Waals surface area contributed by atoms with Crippen LogP contribution < -0.4 is 10.1 Å². The summed E-state index contributed by atoms with van der Waals surface area (Å²) >= 11 is 0. The number of para-hydroxylation sites is 4. The lowest BCUT2D eigenvalue weighted by Gasteiger charge is -2.14. The first-order chi connectivity index (χ1) is 11.9. The standard InChI is InChI=1S/C17H14F3N3O2/c18-17(19,20)25-15-8-4-2-6-13(15)22-16(24)9-10-23-11-21-12-5-1-3-7-14(12)23/h1-8,11H,9-10H2,(H,22,24). The van der Waals surface area contributed by atoms with Gasteiger partial charge >= 0.3 is 6.36 Å². The van der Waals surface area contributed by atoms with Crippen molar-refractivity contribution in [2.24, 2.45) is 0 Å². The zero-order valence-corrected chi connectivity index (χ0v) is 13.0. The minimum absolute atomic E-state index is 0.0275. The molecule has 3 rings (SSSR count). The molecular formula is C17H14F3N3O2. The summed E-state index contributed by atoms with van der Waals surface area (Å²) in [7, 11) is 0. The second-order valence-corrected chi connectivity index (χ2v) is 5.27. The summed E-state index contributed by atoms with van der Waals surface area (Å²) in [5.41, 5.74) is 1.67. The average molecular weight is 349 g/mol. The Balaban J connectivity index is 1.65. The molecule has 0 aliphatic heterocycles. The van der Waals surface area contributed by atoms with Gasteiger partial charge in [0.2, 0.25) is 5.91 Å². The van der Waals surface area contributed by atoms with Crippen molar-refractivity contribution in [1.82, 2.24) is 9.55 Å². The molecule has 1 heterocycles. The van der Waals surface area contributed by atoms with Gasteiger partial charge in [0.05, 0.1) is 23.0 Å². The topological polar surface area (TPSA) is 56.2 Å². The Labute approximate surface area is 141 Å². The number of ether oxygens (including phenoxy) is 1. The number of amides is 1. The molecule has 1 N–H and O–H groups in total. The fraction of sp³-hybridized carbons (Fsp3) is 0.176. The highest BCUT2D eigenvalue weighted by atomic mass is 19.4. The molecule has 5 nitrogen and oxygen atoms in total. The summed E-state index contributed by atoms with van der Waals surface area (Å²) in [4.78, 5) is 16.3. The Morgan fingerprint density at radius 1 is 1.12 bits per heavy atom. The van der Waals surface area contributed by atoms with Gasteiger partial charge in [-0.15, -0.1) is 13.2 Å². The maximum absolute atomic E-state index is 12.4. The van der Waals surface area contributed by atoms with Crippen molar-refractivity contribution in [3.63, 3.8) is 0 Å². The summed E-state index contributed by atoms with van der Waals surface area (Å²) in [6.07, 6.45) is -3.12. The van der Waals surface area contributed by atoms with E-state index in [9.17, 15) is 18.0 Å². The van der Waals surface area contributed by atoms with Crippen molar-refractivity contribution in [3.05, 3.63) is 54.9 Å². The molecule has 0 atom stereocenters. The van der Waals surface area contributed by atoms with Gasteiger partial charge in [-0.1, -0.05) is 24.3 Å². The number of fused-ring (bicyclic) bond motifs is 1. The summed E-state index contributed by atoms with van der Waals surface area (Å²) in [6, 6.07) is 12.9. The van der Waals surface area contributed by atoms with Crippen LogP contribution in [0.3, 0.4) is 0 Å². The van der Waals surface area contributed by atoms with Gasteiger partial charge in [-0.05, 0) is 24.3 Å². The predicted octanol–water partition coefficient (Wildman–Crippen LogP) is 3.96. The number of hydrogen-bond donors (Lipinski definition) is 1. The van der Waals surface area contributed by atoms with E-state index in [2.05, 4.69) is 15.0 Å². The number of hydrogen-bond acceptors (Lipinski definition) is 3. The lowest BCUT2D eigenvalue weighted by molar-refractivity contribution is -0.274. The number of carbonyl (C=O) groups excluding carboxylic acids is 1. The van der Waals surface area contributed by atoms with Crippen LogP contribution >= 0.6 is 0 Å². The molecule has 0 spiro atoms. The van der Waals surface area contributed by atoms with Crippen LogP contribution in [0.15, 0.2) is 54.9 Å². The van der Waals surface area contributed by atoms with Crippen LogP contribution in [0.4, 0.5) is 18.9 Å². The zero-order chi connectivity index (χ0) is 17.9. The van der Waals surface area contributed by atoms with Crippen LogP contribution in [0.25, 0.3) is 11.0 Å². The average Bonchev–Trinajstić information content (AvgIpc) is 2.97. The van der Waals surface area contributed by atoms with Crippen molar-refractivity contribution in [1.29, 1.82) is 0 Å². The zero-order valence-electron chi connectivity index (χ0n) is 13.0. The first-order valence-electron chi connectivity index (χ1n) is 7.47. The number of aryl methyl sites for hydroxylation is 1. The number of alkyl halides is 3. The fourth-order valence-electron chi connectivity index (χ4n) is 2.41. The van der Waals surface area contributed by atoms with Crippen molar-refractivity contribution >= 4 is 22.6 Å². The van der Waals surface area contributed by atoms with Gasteiger partial charge in [-0.25, -0.2) is 4.98 Å². The molecule has 0 unspecified atom stereocenters. The number of imidazole rings is 1. The lowest BCUT2D eigenvalue weighted by atomic mass is 10.2. The molecule has 0 bridgehead atoms. The smallest absolute Gasteiger partial charge is 0.404 e. The van der Waals surface area contributed by atoms with Gasteiger partial charge in [0, 0.05) is 13.0 Å². The first-order valence-corrected chi connectivity index (χ1v) is 7.47. The van der Waals surface area contributed by atoms with Crippen molar-refractivity contribution < 1.29 is 22.7 Å². The van der Waals surface area contributed by atoms with E-state index in [1.165, 1.54) is 18.2 Å². The fourth-order valence-corrected chi connectivity index (χ4v) is 2.41. The molecule has 130 valence electrons. The molecule has 0 radical (unpaired) electrons. The summed E-state index contributed by atoms with van der Waals surface area (Å²) in [6.45, 7) is 0.356. The van der Waals surface area contributed by atoms with Crippen LogP contribution in [-0.4, -0.2) is 21.8 Å². The normalized spacial score (nSPS) is 11.5. The molecule has 0 saturated heterocycles.